The molecule has 0 N–H and O–H groups in total. The summed E-state index contributed by atoms with van der Waals surface area (Å²) >= 11 is 0. The van der Waals surface area contributed by atoms with Crippen LogP contribution in [0, 0.1) is 35.0 Å². The van der Waals surface area contributed by atoms with Crippen LogP contribution in [0.4, 0.5) is 0 Å². The van der Waals surface area contributed by atoms with E-state index in [1.54, 1.807) is 36.4 Å². The van der Waals surface area contributed by atoms with E-state index in [0.29, 0.717) is 29.5 Å². The average molecular weight is 649 g/mol. The number of benzene rings is 3. The summed E-state index contributed by atoms with van der Waals surface area (Å²) in [5, 5.41) is 0. The van der Waals surface area contributed by atoms with E-state index in [0.717, 1.165) is 5.57 Å². The van der Waals surface area contributed by atoms with Gasteiger partial charge in [0.05, 0.1) is 22.8 Å². The van der Waals surface area contributed by atoms with Gasteiger partial charge in [-0.3, -0.25) is 0 Å². The number of fused-ring (bicyclic) bond motifs is 3. The van der Waals surface area contributed by atoms with Gasteiger partial charge < -0.3 is 18.9 Å². The number of hydrogen-bond acceptors (Lipinski definition) is 7. The predicted octanol–water partition coefficient (Wildman–Crippen LogP) is 7.72. The van der Waals surface area contributed by atoms with E-state index in [1.807, 2.05) is 61.5 Å². The SMILES string of the molecule is CC1=C[C@H]2[C@@H](OC(=O)c3ccccc3)[C@@H](C)C[C@@]23O[C@@H]([C@H](C)[C@@H]3OC(=O)c2ccccc2)[C@@H]2[C@@H](C[C@H]1OC(=O)c1ccccc1)C2(C)C. The Bertz CT molecular complexity index is 1700. The summed E-state index contributed by atoms with van der Waals surface area (Å²) in [6, 6.07) is 27.1. The minimum atomic E-state index is -0.953. The van der Waals surface area contributed by atoms with Crippen LogP contribution in [0.25, 0.3) is 0 Å². The zero-order valence-corrected chi connectivity index (χ0v) is 28.2. The highest BCUT2D eigenvalue weighted by Gasteiger charge is 2.72. The quantitative estimate of drug-likeness (QED) is 0.154. The van der Waals surface area contributed by atoms with Crippen molar-refractivity contribution in [2.45, 2.75) is 77.5 Å². The molecular weight excluding hydrogens is 604 g/mol. The van der Waals surface area contributed by atoms with Crippen molar-refractivity contribution in [3.05, 3.63) is 119 Å². The number of esters is 3. The van der Waals surface area contributed by atoms with E-state index in [9.17, 15) is 14.4 Å². The standard InChI is InChI=1S/C41H44O7/c1-24-21-31-34(46-38(43)28-17-11-7-12-18-28)25(2)23-41(31)36(47-39(44)29-19-13-8-14-20-29)26(3)35(48-41)33-30(40(33,4)5)22-32(24)45-37(42)27-15-9-6-10-16-27/h6-21,25-26,30-36H,22-23H2,1-5H3/t25-,26-,30+,31-,32+,33-,34-,35-,36-,41+/m0/s1. The first kappa shape index (κ1) is 32.3. The molecule has 10 atom stereocenters. The number of carbonyl (C=O) groups excluding carboxylic acids is 3. The molecule has 2 heterocycles. The lowest BCUT2D eigenvalue weighted by molar-refractivity contribution is -0.117. The van der Waals surface area contributed by atoms with E-state index in [-0.39, 0.29) is 41.2 Å². The summed E-state index contributed by atoms with van der Waals surface area (Å²) in [7, 11) is 0. The first-order valence-electron chi connectivity index (χ1n) is 17.2. The molecule has 2 bridgehead atoms. The maximum absolute atomic E-state index is 13.7. The molecule has 250 valence electrons. The average Bonchev–Trinajstić information content (AvgIpc) is 3.38. The molecule has 48 heavy (non-hydrogen) atoms. The van der Waals surface area contributed by atoms with Crippen LogP contribution in [0.1, 0.15) is 78.5 Å². The van der Waals surface area contributed by atoms with Gasteiger partial charge in [-0.2, -0.15) is 0 Å². The van der Waals surface area contributed by atoms with Gasteiger partial charge in [0.1, 0.15) is 23.9 Å². The van der Waals surface area contributed by atoms with Crippen LogP contribution in [-0.4, -0.2) is 47.9 Å². The van der Waals surface area contributed by atoms with Crippen LogP contribution in [-0.2, 0) is 18.9 Å². The van der Waals surface area contributed by atoms with Crippen molar-refractivity contribution in [3.63, 3.8) is 0 Å². The van der Waals surface area contributed by atoms with Gasteiger partial charge in [-0.05, 0) is 84.9 Å². The molecule has 0 unspecified atom stereocenters. The third-order valence-corrected chi connectivity index (χ3v) is 11.6. The Kier molecular flexibility index (Phi) is 8.31. The van der Waals surface area contributed by atoms with E-state index < -0.39 is 41.8 Å². The van der Waals surface area contributed by atoms with Crippen LogP contribution < -0.4 is 0 Å². The number of rotatable bonds is 6. The lowest BCUT2D eigenvalue weighted by Crippen LogP contribution is -2.49. The van der Waals surface area contributed by atoms with E-state index >= 15 is 0 Å². The molecule has 2 aliphatic carbocycles. The minimum absolute atomic E-state index is 0.0840. The molecule has 3 aromatic rings. The molecular formula is C41H44O7. The zero-order chi connectivity index (χ0) is 33.8. The fraction of sp³-hybridized carbons (Fsp3) is 0.439. The Morgan fingerprint density at radius 3 is 1.77 bits per heavy atom. The van der Waals surface area contributed by atoms with E-state index in [2.05, 4.69) is 33.8 Å². The van der Waals surface area contributed by atoms with Crippen LogP contribution in [0.2, 0.25) is 0 Å². The van der Waals surface area contributed by atoms with E-state index in [4.69, 9.17) is 18.9 Å². The predicted molar refractivity (Wildman–Crippen MR) is 180 cm³/mol. The van der Waals surface area contributed by atoms with Gasteiger partial charge >= 0.3 is 17.9 Å². The smallest absolute Gasteiger partial charge is 0.338 e. The Hall–Kier alpha value is -4.23. The lowest BCUT2D eigenvalue weighted by atomic mass is 9.79. The summed E-state index contributed by atoms with van der Waals surface area (Å²) < 4.78 is 26.5. The van der Waals surface area contributed by atoms with Gasteiger partial charge in [-0.25, -0.2) is 14.4 Å². The third kappa shape index (κ3) is 5.56. The lowest BCUT2D eigenvalue weighted by Gasteiger charge is -2.37. The van der Waals surface area contributed by atoms with Gasteiger partial charge in [0.2, 0.25) is 0 Å². The number of carbonyl (C=O) groups is 3. The van der Waals surface area contributed by atoms with E-state index in [1.165, 1.54) is 0 Å². The molecule has 4 aliphatic rings. The van der Waals surface area contributed by atoms with Crippen LogP contribution in [0.15, 0.2) is 103 Å². The summed E-state index contributed by atoms with van der Waals surface area (Å²) in [5.74, 6) is -1.48. The van der Waals surface area contributed by atoms with Crippen molar-refractivity contribution in [2.75, 3.05) is 0 Å². The maximum Gasteiger partial charge on any atom is 0.338 e. The van der Waals surface area contributed by atoms with Crippen molar-refractivity contribution in [1.29, 1.82) is 0 Å². The highest BCUT2D eigenvalue weighted by molar-refractivity contribution is 5.90. The van der Waals surface area contributed by atoms with Crippen LogP contribution >= 0.6 is 0 Å². The van der Waals surface area contributed by atoms with Crippen LogP contribution in [0.3, 0.4) is 0 Å². The number of ether oxygens (including phenoxy) is 4. The largest absolute Gasteiger partial charge is 0.458 e. The highest BCUT2D eigenvalue weighted by atomic mass is 16.6. The Morgan fingerprint density at radius 2 is 1.23 bits per heavy atom. The number of hydrogen-bond donors (Lipinski definition) is 0. The second-order valence-corrected chi connectivity index (χ2v) is 14.9. The molecule has 7 rings (SSSR count). The second-order valence-electron chi connectivity index (χ2n) is 14.9. The minimum Gasteiger partial charge on any atom is -0.458 e. The Labute approximate surface area is 282 Å². The molecule has 2 saturated carbocycles. The van der Waals surface area contributed by atoms with Gasteiger partial charge in [-0.1, -0.05) is 88.4 Å². The summed E-state index contributed by atoms with van der Waals surface area (Å²) in [6.45, 7) is 10.7. The normalized spacial score (nSPS) is 34.5. The van der Waals surface area contributed by atoms with Gasteiger partial charge in [0, 0.05) is 11.8 Å². The monoisotopic (exact) mass is 648 g/mol. The molecule has 1 saturated heterocycles. The molecule has 1 spiro atoms. The first-order valence-corrected chi connectivity index (χ1v) is 17.2. The summed E-state index contributed by atoms with van der Waals surface area (Å²) in [4.78, 5) is 40.7. The fourth-order valence-corrected chi connectivity index (χ4v) is 9.03. The van der Waals surface area contributed by atoms with Crippen LogP contribution in [0.5, 0.6) is 0 Å². The molecule has 3 fully saturated rings. The molecule has 7 heteroatoms. The van der Waals surface area contributed by atoms with Gasteiger partial charge in [-0.15, -0.1) is 0 Å². The maximum atomic E-state index is 13.7. The van der Waals surface area contributed by atoms with Gasteiger partial charge in [0.25, 0.3) is 0 Å². The molecule has 3 aromatic carbocycles. The van der Waals surface area contributed by atoms with Crippen molar-refractivity contribution >= 4 is 17.9 Å². The van der Waals surface area contributed by atoms with Crippen molar-refractivity contribution in [1.82, 2.24) is 0 Å². The molecule has 7 nitrogen and oxygen atoms in total. The van der Waals surface area contributed by atoms with Crippen molar-refractivity contribution < 1.29 is 33.3 Å². The Balaban J connectivity index is 1.31. The molecule has 0 radical (unpaired) electrons. The topological polar surface area (TPSA) is 88.1 Å². The van der Waals surface area contributed by atoms with Gasteiger partial charge in [0.15, 0.2) is 0 Å². The fourth-order valence-electron chi connectivity index (χ4n) is 9.03. The molecule has 0 aromatic heterocycles. The second kappa shape index (κ2) is 12.3. The molecule has 2 aliphatic heterocycles. The zero-order valence-electron chi connectivity index (χ0n) is 28.2. The third-order valence-electron chi connectivity index (χ3n) is 11.6. The van der Waals surface area contributed by atoms with Crippen molar-refractivity contribution in [2.24, 2.45) is 35.0 Å². The van der Waals surface area contributed by atoms with Crippen molar-refractivity contribution in [3.8, 4) is 0 Å². The highest BCUT2D eigenvalue weighted by Crippen LogP contribution is 2.68. The Morgan fingerprint density at radius 1 is 0.729 bits per heavy atom. The first-order chi connectivity index (χ1) is 23.0. The summed E-state index contributed by atoms with van der Waals surface area (Å²) in [5.41, 5.74) is 1.28. The molecule has 0 amide bonds. The summed E-state index contributed by atoms with van der Waals surface area (Å²) in [6.07, 6.45) is 1.43.